The zero-order valence-electron chi connectivity index (χ0n) is 14.9. The summed E-state index contributed by atoms with van der Waals surface area (Å²) in [6.07, 6.45) is 6.20. The van der Waals surface area contributed by atoms with E-state index in [1.807, 2.05) is 31.2 Å². The Morgan fingerprint density at radius 2 is 2.08 bits per heavy atom. The van der Waals surface area contributed by atoms with Crippen LogP contribution in [0.2, 0.25) is 0 Å². The SMILES string of the molecule is CCC(C)NC(=O)C1CCN(c2ccc(-c3cccnc3)nn2)CC1. The fourth-order valence-corrected chi connectivity index (χ4v) is 3.00. The monoisotopic (exact) mass is 339 g/mol. The first-order valence-corrected chi connectivity index (χ1v) is 8.97. The number of piperidine rings is 1. The van der Waals surface area contributed by atoms with Gasteiger partial charge < -0.3 is 10.2 Å². The van der Waals surface area contributed by atoms with Crippen molar-refractivity contribution in [2.24, 2.45) is 5.92 Å². The van der Waals surface area contributed by atoms with Crippen LogP contribution in [-0.2, 0) is 4.79 Å². The molecule has 1 atom stereocenters. The van der Waals surface area contributed by atoms with Crippen molar-refractivity contribution in [3.8, 4) is 11.3 Å². The minimum absolute atomic E-state index is 0.105. The van der Waals surface area contributed by atoms with Crippen LogP contribution in [0.25, 0.3) is 11.3 Å². The summed E-state index contributed by atoms with van der Waals surface area (Å²) in [5, 5.41) is 11.8. The third-order valence-electron chi connectivity index (χ3n) is 4.80. The van der Waals surface area contributed by atoms with Gasteiger partial charge in [-0.3, -0.25) is 9.78 Å². The fraction of sp³-hybridized carbons (Fsp3) is 0.474. The largest absolute Gasteiger partial charge is 0.355 e. The predicted molar refractivity (Wildman–Crippen MR) is 98.1 cm³/mol. The van der Waals surface area contributed by atoms with Gasteiger partial charge in [-0.2, -0.15) is 0 Å². The van der Waals surface area contributed by atoms with E-state index < -0.39 is 0 Å². The molecular formula is C19H25N5O. The third-order valence-corrected chi connectivity index (χ3v) is 4.80. The average Bonchev–Trinajstić information content (AvgIpc) is 2.69. The third kappa shape index (κ3) is 4.32. The summed E-state index contributed by atoms with van der Waals surface area (Å²) in [7, 11) is 0. The van der Waals surface area contributed by atoms with E-state index in [9.17, 15) is 4.79 Å². The van der Waals surface area contributed by atoms with Gasteiger partial charge >= 0.3 is 0 Å². The zero-order chi connectivity index (χ0) is 17.6. The molecule has 6 heteroatoms. The van der Waals surface area contributed by atoms with Gasteiger partial charge in [0.2, 0.25) is 5.91 Å². The maximum absolute atomic E-state index is 12.2. The van der Waals surface area contributed by atoms with Crippen molar-refractivity contribution in [3.05, 3.63) is 36.7 Å². The van der Waals surface area contributed by atoms with Crippen LogP contribution in [0.1, 0.15) is 33.1 Å². The molecule has 2 aromatic heterocycles. The fourth-order valence-electron chi connectivity index (χ4n) is 3.00. The molecule has 25 heavy (non-hydrogen) atoms. The van der Waals surface area contributed by atoms with E-state index in [4.69, 9.17) is 0 Å². The molecule has 1 saturated heterocycles. The molecule has 0 bridgehead atoms. The molecule has 1 N–H and O–H groups in total. The second kappa shape index (κ2) is 8.05. The van der Waals surface area contributed by atoms with Crippen molar-refractivity contribution < 1.29 is 4.79 Å². The van der Waals surface area contributed by atoms with Gasteiger partial charge in [-0.15, -0.1) is 10.2 Å². The molecule has 0 aliphatic carbocycles. The molecule has 1 aliphatic heterocycles. The molecule has 1 unspecified atom stereocenters. The molecule has 132 valence electrons. The Kier molecular flexibility index (Phi) is 5.58. The van der Waals surface area contributed by atoms with Crippen molar-refractivity contribution in [2.75, 3.05) is 18.0 Å². The summed E-state index contributed by atoms with van der Waals surface area (Å²) in [6, 6.07) is 8.07. The lowest BCUT2D eigenvalue weighted by Crippen LogP contribution is -2.43. The van der Waals surface area contributed by atoms with Gasteiger partial charge in [-0.1, -0.05) is 6.92 Å². The minimum atomic E-state index is 0.105. The number of carbonyl (C=O) groups excluding carboxylic acids is 1. The molecule has 3 heterocycles. The quantitative estimate of drug-likeness (QED) is 0.907. The predicted octanol–water partition coefficient (Wildman–Crippen LogP) is 2.67. The van der Waals surface area contributed by atoms with Gasteiger partial charge in [0.15, 0.2) is 5.82 Å². The Morgan fingerprint density at radius 1 is 1.28 bits per heavy atom. The van der Waals surface area contributed by atoms with Gasteiger partial charge in [0.25, 0.3) is 0 Å². The van der Waals surface area contributed by atoms with Crippen LogP contribution in [0.3, 0.4) is 0 Å². The van der Waals surface area contributed by atoms with Gasteiger partial charge in [-0.25, -0.2) is 0 Å². The van der Waals surface area contributed by atoms with Crippen LogP contribution in [0, 0.1) is 5.92 Å². The lowest BCUT2D eigenvalue weighted by molar-refractivity contribution is -0.126. The molecule has 0 aromatic carbocycles. The molecule has 1 fully saturated rings. The van der Waals surface area contributed by atoms with Gasteiger partial charge in [0, 0.05) is 43.0 Å². The molecule has 1 amide bonds. The van der Waals surface area contributed by atoms with Crippen molar-refractivity contribution in [3.63, 3.8) is 0 Å². The van der Waals surface area contributed by atoms with Gasteiger partial charge in [0.05, 0.1) is 5.69 Å². The highest BCUT2D eigenvalue weighted by Crippen LogP contribution is 2.23. The highest BCUT2D eigenvalue weighted by Gasteiger charge is 2.26. The highest BCUT2D eigenvalue weighted by molar-refractivity contribution is 5.79. The number of hydrogen-bond acceptors (Lipinski definition) is 5. The Balaban J connectivity index is 1.57. The van der Waals surface area contributed by atoms with E-state index >= 15 is 0 Å². The standard InChI is InChI=1S/C19H25N5O/c1-3-14(2)21-19(25)15-8-11-24(12-9-15)18-7-6-17(22-23-18)16-5-4-10-20-13-16/h4-7,10,13-15H,3,8-9,11-12H2,1-2H3,(H,21,25). The van der Waals surface area contributed by atoms with Crippen LogP contribution >= 0.6 is 0 Å². The number of nitrogens with one attached hydrogen (secondary N) is 1. The van der Waals surface area contributed by atoms with E-state index in [1.54, 1.807) is 12.4 Å². The number of amides is 1. The Morgan fingerprint density at radius 3 is 2.68 bits per heavy atom. The van der Waals surface area contributed by atoms with Crippen molar-refractivity contribution >= 4 is 11.7 Å². The molecular weight excluding hydrogens is 314 g/mol. The second-order valence-electron chi connectivity index (χ2n) is 6.60. The lowest BCUT2D eigenvalue weighted by atomic mass is 9.95. The minimum Gasteiger partial charge on any atom is -0.355 e. The zero-order valence-corrected chi connectivity index (χ0v) is 14.9. The van der Waals surface area contributed by atoms with Crippen molar-refractivity contribution in [2.45, 2.75) is 39.2 Å². The van der Waals surface area contributed by atoms with Crippen molar-refractivity contribution in [1.29, 1.82) is 0 Å². The molecule has 1 aliphatic rings. The van der Waals surface area contributed by atoms with Crippen LogP contribution in [0.5, 0.6) is 0 Å². The topological polar surface area (TPSA) is 71.0 Å². The Labute approximate surface area is 148 Å². The number of hydrogen-bond donors (Lipinski definition) is 1. The van der Waals surface area contributed by atoms with Gasteiger partial charge in [0.1, 0.15) is 0 Å². The van der Waals surface area contributed by atoms with Crippen LogP contribution in [0.15, 0.2) is 36.7 Å². The van der Waals surface area contributed by atoms with Crippen molar-refractivity contribution in [1.82, 2.24) is 20.5 Å². The first-order valence-electron chi connectivity index (χ1n) is 8.97. The molecule has 3 rings (SSSR count). The first-order chi connectivity index (χ1) is 12.2. The smallest absolute Gasteiger partial charge is 0.223 e. The van der Waals surface area contributed by atoms with E-state index in [0.29, 0.717) is 0 Å². The average molecular weight is 339 g/mol. The summed E-state index contributed by atoms with van der Waals surface area (Å²) in [5.41, 5.74) is 1.78. The van der Waals surface area contributed by atoms with E-state index in [2.05, 4.69) is 32.3 Å². The van der Waals surface area contributed by atoms with E-state index in [1.165, 1.54) is 0 Å². The molecule has 6 nitrogen and oxygen atoms in total. The maximum atomic E-state index is 12.2. The number of pyridine rings is 1. The second-order valence-corrected chi connectivity index (χ2v) is 6.60. The van der Waals surface area contributed by atoms with Crippen LogP contribution < -0.4 is 10.2 Å². The number of anilines is 1. The molecule has 0 saturated carbocycles. The lowest BCUT2D eigenvalue weighted by Gasteiger charge is -2.32. The number of rotatable bonds is 5. The number of carbonyl (C=O) groups is 1. The number of aromatic nitrogens is 3. The van der Waals surface area contributed by atoms with Gasteiger partial charge in [-0.05, 0) is 50.5 Å². The molecule has 0 spiro atoms. The highest BCUT2D eigenvalue weighted by atomic mass is 16.1. The first kappa shape index (κ1) is 17.3. The summed E-state index contributed by atoms with van der Waals surface area (Å²) < 4.78 is 0. The summed E-state index contributed by atoms with van der Waals surface area (Å²) >= 11 is 0. The Bertz CT molecular complexity index is 681. The summed E-state index contributed by atoms with van der Waals surface area (Å²) in [5.74, 6) is 1.16. The molecule has 0 radical (unpaired) electrons. The van der Waals surface area contributed by atoms with Crippen LogP contribution in [0.4, 0.5) is 5.82 Å². The van der Waals surface area contributed by atoms with E-state index in [0.717, 1.165) is 49.4 Å². The van der Waals surface area contributed by atoms with Crippen LogP contribution in [-0.4, -0.2) is 40.2 Å². The molecule has 2 aromatic rings. The number of nitrogens with zero attached hydrogens (tertiary/aromatic N) is 4. The summed E-state index contributed by atoms with van der Waals surface area (Å²) in [6.45, 7) is 5.80. The normalized spacial score (nSPS) is 16.5. The maximum Gasteiger partial charge on any atom is 0.223 e. The Hall–Kier alpha value is -2.50. The summed E-state index contributed by atoms with van der Waals surface area (Å²) in [4.78, 5) is 18.6. The van der Waals surface area contributed by atoms with E-state index in [-0.39, 0.29) is 17.9 Å².